The quantitative estimate of drug-likeness (QED) is 0.391. The summed E-state index contributed by atoms with van der Waals surface area (Å²) in [6.07, 6.45) is 0. The smallest absolute Gasteiger partial charge is 0.308 e. The Morgan fingerprint density at radius 2 is 1.89 bits per heavy atom. The van der Waals surface area contributed by atoms with Gasteiger partial charge in [0.2, 0.25) is 5.91 Å². The number of ether oxygens (including phenoxy) is 1. The highest BCUT2D eigenvalue weighted by Gasteiger charge is 2.25. The zero-order chi connectivity index (χ0) is 14.7. The number of nitro groups is 1. The maximum atomic E-state index is 11.1. The summed E-state index contributed by atoms with van der Waals surface area (Å²) >= 11 is 0. The second-order valence-corrected chi connectivity index (χ2v) is 4.07. The van der Waals surface area contributed by atoms with Crippen molar-refractivity contribution in [2.24, 2.45) is 0 Å². The van der Waals surface area contributed by atoms with Gasteiger partial charge in [0.1, 0.15) is 0 Å². The first kappa shape index (κ1) is 14.6. The standard InChI is InChI=1S/C12H14N2O5/c1-6-5-10(19-9(4)16)11(13-8(3)15)12(7(6)2)14(17)18/h5H,1-4H3,(H,13,15). The van der Waals surface area contributed by atoms with E-state index in [2.05, 4.69) is 5.32 Å². The molecule has 0 spiro atoms. The second-order valence-electron chi connectivity index (χ2n) is 4.07. The van der Waals surface area contributed by atoms with Crippen molar-refractivity contribution in [3.8, 4) is 5.75 Å². The van der Waals surface area contributed by atoms with Gasteiger partial charge in [0, 0.05) is 19.4 Å². The molecule has 0 aromatic heterocycles. The number of nitrogens with zero attached hydrogens (tertiary/aromatic N) is 1. The molecule has 0 aliphatic rings. The van der Waals surface area contributed by atoms with E-state index in [1.165, 1.54) is 19.9 Å². The summed E-state index contributed by atoms with van der Waals surface area (Å²) in [7, 11) is 0. The van der Waals surface area contributed by atoms with E-state index in [1.54, 1.807) is 13.8 Å². The minimum absolute atomic E-state index is 0.0301. The molecule has 0 aliphatic heterocycles. The lowest BCUT2D eigenvalue weighted by Crippen LogP contribution is -2.13. The summed E-state index contributed by atoms with van der Waals surface area (Å²) in [6, 6.07) is 1.48. The zero-order valence-electron chi connectivity index (χ0n) is 11.1. The van der Waals surface area contributed by atoms with Crippen LogP contribution in [-0.2, 0) is 9.59 Å². The van der Waals surface area contributed by atoms with E-state index in [9.17, 15) is 19.7 Å². The van der Waals surface area contributed by atoms with Gasteiger partial charge in [-0.05, 0) is 25.5 Å². The maximum Gasteiger partial charge on any atom is 0.308 e. The molecule has 0 atom stereocenters. The predicted molar refractivity (Wildman–Crippen MR) is 68.2 cm³/mol. The fourth-order valence-electron chi connectivity index (χ4n) is 1.63. The van der Waals surface area contributed by atoms with Crippen molar-refractivity contribution in [3.63, 3.8) is 0 Å². The van der Waals surface area contributed by atoms with Crippen LogP contribution in [0.2, 0.25) is 0 Å². The molecule has 1 N–H and O–H groups in total. The third-order valence-electron chi connectivity index (χ3n) is 2.51. The number of aryl methyl sites for hydroxylation is 1. The van der Waals surface area contributed by atoms with Gasteiger partial charge in [0.15, 0.2) is 11.4 Å². The third-order valence-corrected chi connectivity index (χ3v) is 2.51. The topological polar surface area (TPSA) is 98.5 Å². The summed E-state index contributed by atoms with van der Waals surface area (Å²) in [5, 5.41) is 13.5. The van der Waals surface area contributed by atoms with Gasteiger partial charge >= 0.3 is 5.97 Å². The maximum absolute atomic E-state index is 11.1. The lowest BCUT2D eigenvalue weighted by molar-refractivity contribution is -0.384. The molecule has 7 nitrogen and oxygen atoms in total. The third kappa shape index (κ3) is 3.27. The van der Waals surface area contributed by atoms with Gasteiger partial charge in [-0.3, -0.25) is 19.7 Å². The second kappa shape index (κ2) is 5.47. The fourth-order valence-corrected chi connectivity index (χ4v) is 1.63. The summed E-state index contributed by atoms with van der Waals surface area (Å²) < 4.78 is 4.91. The lowest BCUT2D eigenvalue weighted by Gasteiger charge is -2.13. The summed E-state index contributed by atoms with van der Waals surface area (Å²) in [4.78, 5) is 32.7. The first-order chi connectivity index (χ1) is 8.73. The molecule has 7 heteroatoms. The number of anilines is 1. The molecule has 0 radical (unpaired) electrons. The van der Waals surface area contributed by atoms with Crippen LogP contribution in [0.1, 0.15) is 25.0 Å². The Bertz CT molecular complexity index is 566. The zero-order valence-corrected chi connectivity index (χ0v) is 11.1. The molecule has 1 aromatic rings. The molecule has 19 heavy (non-hydrogen) atoms. The van der Waals surface area contributed by atoms with Crippen LogP contribution in [0.25, 0.3) is 0 Å². The highest BCUT2D eigenvalue weighted by molar-refractivity contribution is 5.95. The van der Waals surface area contributed by atoms with E-state index in [-0.39, 0.29) is 17.1 Å². The van der Waals surface area contributed by atoms with Crippen molar-refractivity contribution in [1.82, 2.24) is 0 Å². The molecule has 0 bridgehead atoms. The SMILES string of the molecule is CC(=O)Nc1c(OC(C)=O)cc(C)c(C)c1[N+](=O)[O-]. The van der Waals surface area contributed by atoms with Gasteiger partial charge in [0.05, 0.1) is 4.92 Å². The van der Waals surface area contributed by atoms with Gasteiger partial charge in [0.25, 0.3) is 5.69 Å². The average Bonchev–Trinajstić information content (AvgIpc) is 2.23. The number of hydrogen-bond acceptors (Lipinski definition) is 5. The number of rotatable bonds is 3. The Labute approximate surface area is 109 Å². The number of hydrogen-bond donors (Lipinski definition) is 1. The number of carbonyl (C=O) groups is 2. The number of nitrogens with one attached hydrogen (secondary N) is 1. The molecule has 1 amide bonds. The van der Waals surface area contributed by atoms with Gasteiger partial charge in [-0.15, -0.1) is 0 Å². The molecule has 0 saturated carbocycles. The number of benzene rings is 1. The fraction of sp³-hybridized carbons (Fsp3) is 0.333. The van der Waals surface area contributed by atoms with Gasteiger partial charge < -0.3 is 10.1 Å². The van der Waals surface area contributed by atoms with Gasteiger partial charge in [-0.1, -0.05) is 0 Å². The molecule has 0 unspecified atom stereocenters. The van der Waals surface area contributed by atoms with E-state index < -0.39 is 16.8 Å². The van der Waals surface area contributed by atoms with Crippen LogP contribution in [0.3, 0.4) is 0 Å². The van der Waals surface area contributed by atoms with Gasteiger partial charge in [-0.2, -0.15) is 0 Å². The molecule has 102 valence electrons. The molecular formula is C12H14N2O5. The Kier molecular flexibility index (Phi) is 4.21. The van der Waals surface area contributed by atoms with E-state index in [1.807, 2.05) is 0 Å². The summed E-state index contributed by atoms with van der Waals surface area (Å²) in [6.45, 7) is 5.62. The van der Waals surface area contributed by atoms with Crippen LogP contribution in [-0.4, -0.2) is 16.8 Å². The highest BCUT2D eigenvalue weighted by atomic mass is 16.6. The van der Waals surface area contributed by atoms with E-state index in [0.717, 1.165) is 0 Å². The number of nitro benzene ring substituents is 1. The van der Waals surface area contributed by atoms with Crippen LogP contribution in [0.4, 0.5) is 11.4 Å². The van der Waals surface area contributed by atoms with E-state index >= 15 is 0 Å². The van der Waals surface area contributed by atoms with E-state index in [4.69, 9.17) is 4.74 Å². The Hall–Kier alpha value is -2.44. The molecule has 0 fully saturated rings. The molecule has 1 aromatic carbocycles. The van der Waals surface area contributed by atoms with Crippen LogP contribution < -0.4 is 10.1 Å². The average molecular weight is 266 g/mol. The van der Waals surface area contributed by atoms with E-state index in [0.29, 0.717) is 11.1 Å². The van der Waals surface area contributed by atoms with Crippen molar-refractivity contribution in [2.45, 2.75) is 27.7 Å². The normalized spacial score (nSPS) is 9.89. The molecule has 0 heterocycles. The van der Waals surface area contributed by atoms with Crippen LogP contribution in [0, 0.1) is 24.0 Å². The lowest BCUT2D eigenvalue weighted by atomic mass is 10.1. The monoisotopic (exact) mass is 266 g/mol. The Morgan fingerprint density at radius 1 is 1.32 bits per heavy atom. The number of amides is 1. The van der Waals surface area contributed by atoms with Crippen LogP contribution in [0.15, 0.2) is 6.07 Å². The first-order valence-electron chi connectivity index (χ1n) is 5.48. The summed E-state index contributed by atoms with van der Waals surface area (Å²) in [5.74, 6) is -1.14. The van der Waals surface area contributed by atoms with Crippen molar-refractivity contribution in [2.75, 3.05) is 5.32 Å². The predicted octanol–water partition coefficient (Wildman–Crippen LogP) is 2.10. The summed E-state index contributed by atoms with van der Waals surface area (Å²) in [5.41, 5.74) is 0.629. The van der Waals surface area contributed by atoms with Gasteiger partial charge in [-0.25, -0.2) is 0 Å². The minimum atomic E-state index is -0.621. The van der Waals surface area contributed by atoms with Crippen LogP contribution >= 0.6 is 0 Å². The molecule has 0 aliphatic carbocycles. The molecule has 1 rings (SSSR count). The molecule has 0 saturated heterocycles. The van der Waals surface area contributed by atoms with Crippen molar-refractivity contribution in [3.05, 3.63) is 27.3 Å². The Balaban J connectivity index is 3.57. The Morgan fingerprint density at radius 3 is 2.32 bits per heavy atom. The minimum Gasteiger partial charge on any atom is -0.424 e. The van der Waals surface area contributed by atoms with Crippen LogP contribution in [0.5, 0.6) is 5.75 Å². The molecular weight excluding hydrogens is 252 g/mol. The largest absolute Gasteiger partial charge is 0.424 e. The van der Waals surface area contributed by atoms with Crippen molar-refractivity contribution >= 4 is 23.3 Å². The number of carbonyl (C=O) groups excluding carboxylic acids is 2. The van der Waals surface area contributed by atoms with Crippen molar-refractivity contribution < 1.29 is 19.2 Å². The highest BCUT2D eigenvalue weighted by Crippen LogP contribution is 2.39. The first-order valence-corrected chi connectivity index (χ1v) is 5.48. The number of esters is 1. The van der Waals surface area contributed by atoms with Crippen molar-refractivity contribution in [1.29, 1.82) is 0 Å².